The number of ether oxygens (including phenoxy) is 2. The van der Waals surface area contributed by atoms with Crippen molar-refractivity contribution in [2.45, 2.75) is 32.2 Å². The van der Waals surface area contributed by atoms with E-state index in [1.54, 1.807) is 14.2 Å². The molecular weight excluding hydrogens is 196 g/mol. The molecule has 6 heteroatoms. The van der Waals surface area contributed by atoms with E-state index < -0.39 is 6.29 Å². The van der Waals surface area contributed by atoms with Crippen LogP contribution >= 0.6 is 0 Å². The summed E-state index contributed by atoms with van der Waals surface area (Å²) in [7, 11) is 3.14. The van der Waals surface area contributed by atoms with Gasteiger partial charge in [0.15, 0.2) is 6.29 Å². The standard InChI is InChI=1S/C9H18N4O2/c1-4-13-8(11-6-12-13)5-7(10)9(14-2)15-3/h6-7,9H,4-5,10H2,1-3H3. The summed E-state index contributed by atoms with van der Waals surface area (Å²) in [6.45, 7) is 2.79. The number of methoxy groups -OCH3 is 2. The molecule has 15 heavy (non-hydrogen) atoms. The van der Waals surface area contributed by atoms with Gasteiger partial charge in [-0.25, -0.2) is 4.98 Å². The molecule has 0 radical (unpaired) electrons. The third-order valence-corrected chi connectivity index (χ3v) is 2.23. The fraction of sp³-hybridized carbons (Fsp3) is 0.778. The lowest BCUT2D eigenvalue weighted by Crippen LogP contribution is -2.39. The second-order valence-corrected chi connectivity index (χ2v) is 3.20. The van der Waals surface area contributed by atoms with E-state index in [4.69, 9.17) is 15.2 Å². The Morgan fingerprint density at radius 3 is 2.67 bits per heavy atom. The van der Waals surface area contributed by atoms with Crippen LogP contribution < -0.4 is 5.73 Å². The van der Waals surface area contributed by atoms with Crippen molar-refractivity contribution in [3.8, 4) is 0 Å². The van der Waals surface area contributed by atoms with E-state index >= 15 is 0 Å². The lowest BCUT2D eigenvalue weighted by Gasteiger charge is -2.20. The summed E-state index contributed by atoms with van der Waals surface area (Å²) >= 11 is 0. The van der Waals surface area contributed by atoms with Crippen molar-refractivity contribution in [1.29, 1.82) is 0 Å². The first kappa shape index (κ1) is 12.1. The van der Waals surface area contributed by atoms with Crippen molar-refractivity contribution in [3.05, 3.63) is 12.2 Å². The van der Waals surface area contributed by atoms with Crippen LogP contribution in [-0.2, 0) is 22.4 Å². The average molecular weight is 214 g/mol. The van der Waals surface area contributed by atoms with Crippen molar-refractivity contribution in [2.75, 3.05) is 14.2 Å². The van der Waals surface area contributed by atoms with Crippen molar-refractivity contribution >= 4 is 0 Å². The normalized spacial score (nSPS) is 13.4. The van der Waals surface area contributed by atoms with Crippen LogP contribution in [-0.4, -0.2) is 41.3 Å². The van der Waals surface area contributed by atoms with E-state index in [9.17, 15) is 0 Å². The molecule has 0 saturated carbocycles. The van der Waals surface area contributed by atoms with Gasteiger partial charge in [-0.3, -0.25) is 4.68 Å². The second kappa shape index (κ2) is 5.79. The molecule has 0 spiro atoms. The number of aromatic nitrogens is 3. The molecule has 0 aromatic carbocycles. The van der Waals surface area contributed by atoms with Crippen LogP contribution in [0.15, 0.2) is 6.33 Å². The van der Waals surface area contributed by atoms with Gasteiger partial charge in [0.25, 0.3) is 0 Å². The monoisotopic (exact) mass is 214 g/mol. The number of rotatable bonds is 6. The highest BCUT2D eigenvalue weighted by atomic mass is 16.7. The minimum absolute atomic E-state index is 0.241. The first-order valence-corrected chi connectivity index (χ1v) is 4.90. The van der Waals surface area contributed by atoms with Crippen molar-refractivity contribution < 1.29 is 9.47 Å². The number of hydrogen-bond donors (Lipinski definition) is 1. The summed E-state index contributed by atoms with van der Waals surface area (Å²) in [4.78, 5) is 4.14. The molecular formula is C9H18N4O2. The Labute approximate surface area is 89.4 Å². The summed E-state index contributed by atoms with van der Waals surface area (Å²) < 4.78 is 12.0. The van der Waals surface area contributed by atoms with Crippen LogP contribution in [0.3, 0.4) is 0 Å². The molecule has 1 aromatic heterocycles. The Kier molecular flexibility index (Phi) is 4.67. The summed E-state index contributed by atoms with van der Waals surface area (Å²) in [6, 6.07) is -0.241. The topological polar surface area (TPSA) is 75.2 Å². The highest BCUT2D eigenvalue weighted by Gasteiger charge is 2.19. The molecule has 1 unspecified atom stereocenters. The highest BCUT2D eigenvalue weighted by Crippen LogP contribution is 2.04. The van der Waals surface area contributed by atoms with Crippen LogP contribution in [0.4, 0.5) is 0 Å². The molecule has 0 saturated heterocycles. The third-order valence-electron chi connectivity index (χ3n) is 2.23. The van der Waals surface area contributed by atoms with Gasteiger partial charge in [0, 0.05) is 27.2 Å². The van der Waals surface area contributed by atoms with E-state index in [2.05, 4.69) is 10.1 Å². The first-order valence-electron chi connectivity index (χ1n) is 4.90. The Morgan fingerprint density at radius 1 is 1.47 bits per heavy atom. The molecule has 0 amide bonds. The summed E-state index contributed by atoms with van der Waals surface area (Å²) in [5, 5.41) is 4.07. The van der Waals surface area contributed by atoms with Gasteiger partial charge in [-0.15, -0.1) is 0 Å². The lowest BCUT2D eigenvalue weighted by atomic mass is 10.2. The smallest absolute Gasteiger partial charge is 0.172 e. The molecule has 0 aliphatic carbocycles. The third kappa shape index (κ3) is 2.98. The van der Waals surface area contributed by atoms with Crippen molar-refractivity contribution in [2.24, 2.45) is 5.73 Å². The molecule has 6 nitrogen and oxygen atoms in total. The van der Waals surface area contributed by atoms with E-state index in [-0.39, 0.29) is 6.04 Å². The largest absolute Gasteiger partial charge is 0.354 e. The van der Waals surface area contributed by atoms with E-state index in [1.807, 2.05) is 11.6 Å². The van der Waals surface area contributed by atoms with E-state index in [1.165, 1.54) is 6.33 Å². The minimum atomic E-state index is -0.410. The van der Waals surface area contributed by atoms with Crippen LogP contribution in [0.5, 0.6) is 0 Å². The maximum atomic E-state index is 5.92. The second-order valence-electron chi connectivity index (χ2n) is 3.20. The van der Waals surface area contributed by atoms with Gasteiger partial charge in [0.05, 0.1) is 6.04 Å². The van der Waals surface area contributed by atoms with Crippen molar-refractivity contribution in [3.63, 3.8) is 0 Å². The predicted octanol–water partition coefficient (Wildman–Crippen LogP) is -0.213. The molecule has 86 valence electrons. The summed E-state index contributed by atoms with van der Waals surface area (Å²) in [5.74, 6) is 0.851. The highest BCUT2D eigenvalue weighted by molar-refractivity contribution is 4.89. The molecule has 2 N–H and O–H groups in total. The van der Waals surface area contributed by atoms with Crippen LogP contribution in [0, 0.1) is 0 Å². The maximum Gasteiger partial charge on any atom is 0.172 e. The van der Waals surface area contributed by atoms with Gasteiger partial charge in [0.1, 0.15) is 12.2 Å². The molecule has 0 fully saturated rings. The van der Waals surface area contributed by atoms with Crippen molar-refractivity contribution in [1.82, 2.24) is 14.8 Å². The zero-order chi connectivity index (χ0) is 11.3. The van der Waals surface area contributed by atoms with Crippen LogP contribution in [0.25, 0.3) is 0 Å². The SMILES string of the molecule is CCn1ncnc1CC(N)C(OC)OC. The van der Waals surface area contributed by atoms with Gasteiger partial charge in [-0.05, 0) is 6.92 Å². The number of nitrogens with zero attached hydrogens (tertiary/aromatic N) is 3. The molecule has 1 aromatic rings. The Balaban J connectivity index is 2.60. The molecule has 0 aliphatic rings. The summed E-state index contributed by atoms with van der Waals surface area (Å²) in [6.07, 6.45) is 1.70. The molecule has 1 atom stereocenters. The van der Waals surface area contributed by atoms with Gasteiger partial charge in [0.2, 0.25) is 0 Å². The number of aryl methyl sites for hydroxylation is 1. The summed E-state index contributed by atoms with van der Waals surface area (Å²) in [5.41, 5.74) is 5.92. The quantitative estimate of drug-likeness (QED) is 0.663. The molecule has 0 aliphatic heterocycles. The molecule has 1 heterocycles. The van der Waals surface area contributed by atoms with E-state index in [0.29, 0.717) is 6.42 Å². The van der Waals surface area contributed by atoms with E-state index in [0.717, 1.165) is 12.4 Å². The number of hydrogen-bond acceptors (Lipinski definition) is 5. The first-order chi connectivity index (χ1) is 7.22. The molecule has 1 rings (SSSR count). The van der Waals surface area contributed by atoms with Gasteiger partial charge >= 0.3 is 0 Å². The minimum Gasteiger partial charge on any atom is -0.354 e. The fourth-order valence-corrected chi connectivity index (χ4v) is 1.46. The van der Waals surface area contributed by atoms with Crippen LogP contribution in [0.1, 0.15) is 12.7 Å². The predicted molar refractivity (Wildman–Crippen MR) is 55.2 cm³/mol. The lowest BCUT2D eigenvalue weighted by molar-refractivity contribution is -0.116. The Hall–Kier alpha value is -0.980. The van der Waals surface area contributed by atoms with Crippen LogP contribution in [0.2, 0.25) is 0 Å². The number of nitrogens with two attached hydrogens (primary N) is 1. The zero-order valence-corrected chi connectivity index (χ0v) is 9.38. The Morgan fingerprint density at radius 2 is 2.13 bits per heavy atom. The molecule has 0 bridgehead atoms. The zero-order valence-electron chi connectivity index (χ0n) is 9.38. The average Bonchev–Trinajstić information content (AvgIpc) is 2.67. The fourth-order valence-electron chi connectivity index (χ4n) is 1.46. The maximum absolute atomic E-state index is 5.92. The Bertz CT molecular complexity index is 285. The van der Waals surface area contributed by atoms with Gasteiger partial charge < -0.3 is 15.2 Å². The van der Waals surface area contributed by atoms with Gasteiger partial charge in [-0.1, -0.05) is 0 Å². The van der Waals surface area contributed by atoms with Gasteiger partial charge in [-0.2, -0.15) is 5.10 Å².